The van der Waals surface area contributed by atoms with E-state index in [1.165, 1.54) is 25.7 Å². The minimum absolute atomic E-state index is 0.110. The highest BCUT2D eigenvalue weighted by atomic mass is 16.5. The summed E-state index contributed by atoms with van der Waals surface area (Å²) < 4.78 is 5.21. The minimum Gasteiger partial charge on any atom is -0.494 e. The van der Waals surface area contributed by atoms with E-state index in [2.05, 4.69) is 6.92 Å². The number of carboxylic acids is 1. The van der Waals surface area contributed by atoms with Crippen LogP contribution in [0.15, 0.2) is 30.3 Å². The molecule has 0 bridgehead atoms. The molecular weight excluding hydrogens is 276 g/mol. The molecule has 1 aromatic rings. The Bertz CT molecular complexity index is 362. The molecular formula is C19H32O3. The number of hydrogen-bond acceptors (Lipinski definition) is 2. The van der Waals surface area contributed by atoms with E-state index < -0.39 is 5.97 Å². The third-order valence-corrected chi connectivity index (χ3v) is 3.55. The van der Waals surface area contributed by atoms with Crippen LogP contribution >= 0.6 is 0 Å². The lowest BCUT2D eigenvalue weighted by atomic mass is 9.98. The zero-order valence-corrected chi connectivity index (χ0v) is 14.4. The molecule has 0 saturated carbocycles. The van der Waals surface area contributed by atoms with Gasteiger partial charge in [0.2, 0.25) is 0 Å². The number of carbonyl (C=O) groups is 1. The highest BCUT2D eigenvalue weighted by molar-refractivity contribution is 5.69. The average Bonchev–Trinajstić information content (AvgIpc) is 2.52. The van der Waals surface area contributed by atoms with Gasteiger partial charge in [-0.3, -0.25) is 4.79 Å². The van der Waals surface area contributed by atoms with Gasteiger partial charge in [0.25, 0.3) is 0 Å². The fourth-order valence-corrected chi connectivity index (χ4v) is 2.18. The van der Waals surface area contributed by atoms with E-state index in [-0.39, 0.29) is 5.92 Å². The molecule has 0 aromatic heterocycles. The molecule has 3 nitrogen and oxygen atoms in total. The predicted octanol–water partition coefficient (Wildman–Crippen LogP) is 5.54. The summed E-state index contributed by atoms with van der Waals surface area (Å²) in [6.07, 6.45) is 7.67. The van der Waals surface area contributed by atoms with Gasteiger partial charge in [-0.1, -0.05) is 64.2 Å². The van der Waals surface area contributed by atoms with Crippen LogP contribution in [0.4, 0.5) is 0 Å². The van der Waals surface area contributed by atoms with E-state index in [1.807, 2.05) is 44.2 Å². The summed E-state index contributed by atoms with van der Waals surface area (Å²) in [5, 5.41) is 8.78. The van der Waals surface area contributed by atoms with Gasteiger partial charge in [0.15, 0.2) is 0 Å². The van der Waals surface area contributed by atoms with Gasteiger partial charge in [-0.15, -0.1) is 0 Å². The van der Waals surface area contributed by atoms with Crippen molar-refractivity contribution in [2.24, 2.45) is 5.92 Å². The molecule has 0 amide bonds. The van der Waals surface area contributed by atoms with Crippen LogP contribution in [0.5, 0.6) is 5.75 Å². The van der Waals surface area contributed by atoms with Crippen molar-refractivity contribution in [3.63, 3.8) is 0 Å². The van der Waals surface area contributed by atoms with E-state index in [0.717, 1.165) is 31.6 Å². The molecule has 0 fully saturated rings. The first kappa shape index (κ1) is 20.5. The van der Waals surface area contributed by atoms with E-state index in [1.54, 1.807) is 0 Å². The number of aliphatic carboxylic acids is 1. The Balaban J connectivity index is 0.000000425. The molecule has 1 aromatic carbocycles. The third kappa shape index (κ3) is 11.2. The predicted molar refractivity (Wildman–Crippen MR) is 92.4 cm³/mol. The normalized spacial score (nSPS) is 11.2. The van der Waals surface area contributed by atoms with Crippen LogP contribution < -0.4 is 4.74 Å². The van der Waals surface area contributed by atoms with E-state index in [9.17, 15) is 4.79 Å². The lowest BCUT2D eigenvalue weighted by Crippen LogP contribution is -2.12. The number of ether oxygens (including phenoxy) is 1. The lowest BCUT2D eigenvalue weighted by Gasteiger charge is -2.08. The fourth-order valence-electron chi connectivity index (χ4n) is 2.18. The Morgan fingerprint density at radius 1 is 1.05 bits per heavy atom. The van der Waals surface area contributed by atoms with Crippen molar-refractivity contribution in [3.8, 4) is 5.75 Å². The highest BCUT2D eigenvalue weighted by Gasteiger charge is 2.13. The van der Waals surface area contributed by atoms with E-state index >= 15 is 0 Å². The third-order valence-electron chi connectivity index (χ3n) is 3.55. The number of unbranched alkanes of at least 4 members (excludes halogenated alkanes) is 4. The van der Waals surface area contributed by atoms with E-state index in [0.29, 0.717) is 0 Å². The smallest absolute Gasteiger partial charge is 0.306 e. The molecule has 1 rings (SSSR count). The van der Waals surface area contributed by atoms with Crippen LogP contribution in [0.2, 0.25) is 0 Å². The van der Waals surface area contributed by atoms with Crippen LogP contribution in [0.3, 0.4) is 0 Å². The number of hydrogen-bond donors (Lipinski definition) is 1. The summed E-state index contributed by atoms with van der Waals surface area (Å²) in [6, 6.07) is 9.80. The molecule has 1 atom stereocenters. The van der Waals surface area contributed by atoms with Gasteiger partial charge >= 0.3 is 5.97 Å². The van der Waals surface area contributed by atoms with Crippen LogP contribution in [0.1, 0.15) is 65.7 Å². The molecule has 3 heteroatoms. The monoisotopic (exact) mass is 308 g/mol. The Morgan fingerprint density at radius 3 is 2.18 bits per heavy atom. The number of para-hydroxylation sites is 1. The molecule has 0 aliphatic carbocycles. The zero-order valence-electron chi connectivity index (χ0n) is 14.4. The summed E-state index contributed by atoms with van der Waals surface area (Å²) >= 11 is 0. The van der Waals surface area contributed by atoms with E-state index in [4.69, 9.17) is 9.84 Å². The van der Waals surface area contributed by atoms with Crippen molar-refractivity contribution in [1.29, 1.82) is 0 Å². The first-order valence-corrected chi connectivity index (χ1v) is 8.56. The molecule has 0 aliphatic heterocycles. The van der Waals surface area contributed by atoms with Crippen LogP contribution in [0.25, 0.3) is 0 Å². The summed E-state index contributed by atoms with van der Waals surface area (Å²) in [4.78, 5) is 10.7. The first-order chi connectivity index (χ1) is 10.7. The van der Waals surface area contributed by atoms with Gasteiger partial charge in [-0.2, -0.15) is 0 Å². The summed E-state index contributed by atoms with van der Waals surface area (Å²) in [6.45, 7) is 6.86. The van der Waals surface area contributed by atoms with Crippen LogP contribution in [0, 0.1) is 5.92 Å². The van der Waals surface area contributed by atoms with Gasteiger partial charge < -0.3 is 9.84 Å². The molecule has 1 unspecified atom stereocenters. The van der Waals surface area contributed by atoms with Crippen LogP contribution in [-0.4, -0.2) is 17.7 Å². The topological polar surface area (TPSA) is 46.5 Å². The van der Waals surface area contributed by atoms with Gasteiger partial charge in [-0.25, -0.2) is 0 Å². The fraction of sp³-hybridized carbons (Fsp3) is 0.632. The van der Waals surface area contributed by atoms with Crippen molar-refractivity contribution in [1.82, 2.24) is 0 Å². The second kappa shape index (κ2) is 14.4. The molecule has 126 valence electrons. The Kier molecular flexibility index (Phi) is 13.4. The van der Waals surface area contributed by atoms with Gasteiger partial charge in [0.1, 0.15) is 5.75 Å². The molecule has 1 N–H and O–H groups in total. The van der Waals surface area contributed by atoms with Crippen molar-refractivity contribution >= 4 is 5.97 Å². The molecule has 0 spiro atoms. The molecule has 22 heavy (non-hydrogen) atoms. The number of carboxylic acid groups (broad SMARTS) is 1. The van der Waals surface area contributed by atoms with Crippen LogP contribution in [-0.2, 0) is 4.79 Å². The molecule has 0 saturated heterocycles. The largest absolute Gasteiger partial charge is 0.494 e. The SMILES string of the molecule is CCCCCCCC(CC)C(=O)O.CCOc1ccccc1. The molecule has 0 radical (unpaired) electrons. The second-order valence-electron chi connectivity index (χ2n) is 5.39. The molecule has 0 aliphatic rings. The summed E-state index contributed by atoms with van der Waals surface area (Å²) in [5.41, 5.74) is 0. The Hall–Kier alpha value is -1.51. The highest BCUT2D eigenvalue weighted by Crippen LogP contribution is 2.14. The van der Waals surface area contributed by atoms with Gasteiger partial charge in [0.05, 0.1) is 12.5 Å². The maximum Gasteiger partial charge on any atom is 0.306 e. The number of rotatable bonds is 10. The van der Waals surface area contributed by atoms with Crippen molar-refractivity contribution in [3.05, 3.63) is 30.3 Å². The average molecular weight is 308 g/mol. The standard InChI is InChI=1S/C11H22O2.C8H10O/c1-3-5-6-7-8-9-10(4-2)11(12)13;1-2-9-8-6-4-3-5-7-8/h10H,3-9H2,1-2H3,(H,12,13);3-7H,2H2,1H3. The lowest BCUT2D eigenvalue weighted by molar-refractivity contribution is -0.142. The van der Waals surface area contributed by atoms with Gasteiger partial charge in [-0.05, 0) is 31.9 Å². The minimum atomic E-state index is -0.627. The van der Waals surface area contributed by atoms with Gasteiger partial charge in [0, 0.05) is 0 Å². The van der Waals surface area contributed by atoms with Crippen molar-refractivity contribution in [2.45, 2.75) is 65.7 Å². The quantitative estimate of drug-likeness (QED) is 0.577. The second-order valence-corrected chi connectivity index (χ2v) is 5.39. The summed E-state index contributed by atoms with van der Waals surface area (Å²) in [7, 11) is 0. The molecule has 0 heterocycles. The zero-order chi connectivity index (χ0) is 16.6. The summed E-state index contributed by atoms with van der Waals surface area (Å²) in [5.74, 6) is 0.208. The Labute approximate surface area is 135 Å². The Morgan fingerprint density at radius 2 is 1.68 bits per heavy atom. The van der Waals surface area contributed by atoms with Crippen molar-refractivity contribution in [2.75, 3.05) is 6.61 Å². The van der Waals surface area contributed by atoms with Crippen molar-refractivity contribution < 1.29 is 14.6 Å². The maximum atomic E-state index is 10.7. The first-order valence-electron chi connectivity index (χ1n) is 8.56. The number of benzene rings is 1. The maximum absolute atomic E-state index is 10.7.